The van der Waals surface area contributed by atoms with Crippen LogP contribution in [0.4, 0.5) is 9.80 Å². The molecule has 0 spiro atoms. The van der Waals surface area contributed by atoms with Crippen LogP contribution in [0.3, 0.4) is 0 Å². The van der Waals surface area contributed by atoms with E-state index in [2.05, 4.69) is 5.32 Å². The summed E-state index contributed by atoms with van der Waals surface area (Å²) in [5, 5.41) is 8.32. The average molecular weight is 429 g/mol. The van der Waals surface area contributed by atoms with Crippen molar-refractivity contribution in [2.24, 2.45) is 5.73 Å². The second-order valence-electron chi connectivity index (χ2n) is 5.64. The lowest BCUT2D eigenvalue weighted by molar-refractivity contribution is -0.123. The molecule has 8 nitrogen and oxygen atoms in total. The smallest absolute Gasteiger partial charge is 0.342 e. The molecule has 0 bridgehead atoms. The number of rotatable bonds is 6. The number of imide groups is 1. The van der Waals surface area contributed by atoms with Crippen molar-refractivity contribution in [2.75, 3.05) is 11.9 Å². The standard InChI is InChI=1S/C19H15N3O5S2/c20-19(26)21-14(23)9-27-18(25)15-12(11-5-2-1-3-6-11)10-29-17(15)22-16(24)13-7-4-8-28-13/h1-8,10H,9H2,(H,22,24)(H3,20,21,23,26). The van der Waals surface area contributed by atoms with Gasteiger partial charge in [-0.3, -0.25) is 14.9 Å². The highest BCUT2D eigenvalue weighted by Crippen LogP contribution is 2.36. The highest BCUT2D eigenvalue weighted by Gasteiger charge is 2.24. The van der Waals surface area contributed by atoms with Crippen LogP contribution in [0.2, 0.25) is 0 Å². The summed E-state index contributed by atoms with van der Waals surface area (Å²) in [6, 6.07) is 11.4. The summed E-state index contributed by atoms with van der Waals surface area (Å²) in [6.07, 6.45) is 0. The quantitative estimate of drug-likeness (QED) is 0.519. The Bertz CT molecular complexity index is 1050. The number of primary amides is 1. The molecule has 0 unspecified atom stereocenters. The van der Waals surface area contributed by atoms with Crippen molar-refractivity contribution in [1.82, 2.24) is 5.32 Å². The van der Waals surface area contributed by atoms with Crippen LogP contribution in [0.5, 0.6) is 0 Å². The van der Waals surface area contributed by atoms with Gasteiger partial charge in [-0.2, -0.15) is 0 Å². The fourth-order valence-corrected chi connectivity index (χ4v) is 4.00. The molecule has 0 fully saturated rings. The first-order chi connectivity index (χ1) is 14.0. The van der Waals surface area contributed by atoms with Crippen LogP contribution in [0.1, 0.15) is 20.0 Å². The first-order valence-electron chi connectivity index (χ1n) is 8.24. The molecule has 0 atom stereocenters. The molecule has 148 valence electrons. The Morgan fingerprint density at radius 3 is 2.41 bits per heavy atom. The minimum Gasteiger partial charge on any atom is -0.452 e. The van der Waals surface area contributed by atoms with Gasteiger partial charge in [0.05, 0.1) is 4.88 Å². The molecule has 0 saturated heterocycles. The number of urea groups is 1. The zero-order chi connectivity index (χ0) is 20.8. The molecule has 3 aromatic rings. The van der Waals surface area contributed by atoms with E-state index in [1.807, 2.05) is 35.6 Å². The Morgan fingerprint density at radius 2 is 1.76 bits per heavy atom. The Balaban J connectivity index is 1.88. The SMILES string of the molecule is NC(=O)NC(=O)COC(=O)c1c(-c2ccccc2)csc1NC(=O)c1cccs1. The molecule has 4 amide bonds. The Hall–Kier alpha value is -3.50. The minimum atomic E-state index is -1.05. The first kappa shape index (κ1) is 20.2. The topological polar surface area (TPSA) is 128 Å². The third-order valence-electron chi connectivity index (χ3n) is 3.65. The van der Waals surface area contributed by atoms with Crippen molar-refractivity contribution < 1.29 is 23.9 Å². The highest BCUT2D eigenvalue weighted by atomic mass is 32.1. The maximum atomic E-state index is 12.7. The molecule has 0 aliphatic carbocycles. The Labute approximate surface area is 173 Å². The third kappa shape index (κ3) is 5.06. The van der Waals surface area contributed by atoms with E-state index in [9.17, 15) is 19.2 Å². The molecular formula is C19H15N3O5S2. The number of benzene rings is 1. The van der Waals surface area contributed by atoms with E-state index in [4.69, 9.17) is 10.5 Å². The van der Waals surface area contributed by atoms with E-state index < -0.39 is 24.5 Å². The number of hydrogen-bond donors (Lipinski definition) is 3. The summed E-state index contributed by atoms with van der Waals surface area (Å²) in [7, 11) is 0. The Morgan fingerprint density at radius 1 is 1.00 bits per heavy atom. The van der Waals surface area contributed by atoms with Gasteiger partial charge in [0.2, 0.25) is 0 Å². The second kappa shape index (κ2) is 9.13. The van der Waals surface area contributed by atoms with Crippen molar-refractivity contribution in [3.05, 3.63) is 63.7 Å². The van der Waals surface area contributed by atoms with Gasteiger partial charge >= 0.3 is 12.0 Å². The summed E-state index contributed by atoms with van der Waals surface area (Å²) in [5.41, 5.74) is 6.28. The highest BCUT2D eigenvalue weighted by molar-refractivity contribution is 7.15. The summed E-state index contributed by atoms with van der Waals surface area (Å²) in [6.45, 7) is -0.690. The average Bonchev–Trinajstić information content (AvgIpc) is 3.36. The summed E-state index contributed by atoms with van der Waals surface area (Å²) in [5.74, 6) is -2.03. The number of anilines is 1. The first-order valence-corrected chi connectivity index (χ1v) is 10.00. The minimum absolute atomic E-state index is 0.123. The number of esters is 1. The number of thiophene rings is 2. The summed E-state index contributed by atoms with van der Waals surface area (Å²) < 4.78 is 5.02. The largest absolute Gasteiger partial charge is 0.452 e. The van der Waals surface area contributed by atoms with Gasteiger partial charge in [0.1, 0.15) is 10.6 Å². The summed E-state index contributed by atoms with van der Waals surface area (Å²) >= 11 is 2.43. The van der Waals surface area contributed by atoms with Gasteiger partial charge in [-0.25, -0.2) is 9.59 Å². The number of amides is 4. The second-order valence-corrected chi connectivity index (χ2v) is 7.47. The third-order valence-corrected chi connectivity index (χ3v) is 5.41. The molecule has 0 aliphatic rings. The van der Waals surface area contributed by atoms with Gasteiger partial charge in [-0.05, 0) is 17.0 Å². The van der Waals surface area contributed by atoms with Crippen molar-refractivity contribution >= 4 is 51.5 Å². The van der Waals surface area contributed by atoms with E-state index in [-0.39, 0.29) is 11.5 Å². The molecule has 0 aliphatic heterocycles. The van der Waals surface area contributed by atoms with Crippen molar-refractivity contribution in [3.8, 4) is 11.1 Å². The maximum Gasteiger partial charge on any atom is 0.342 e. The number of nitrogens with two attached hydrogens (primary N) is 1. The van der Waals surface area contributed by atoms with Crippen molar-refractivity contribution in [3.63, 3.8) is 0 Å². The molecule has 10 heteroatoms. The van der Waals surface area contributed by atoms with Crippen LogP contribution in [0.25, 0.3) is 11.1 Å². The lowest BCUT2D eigenvalue weighted by Crippen LogP contribution is -2.37. The van der Waals surface area contributed by atoms with Gasteiger partial charge < -0.3 is 15.8 Å². The summed E-state index contributed by atoms with van der Waals surface area (Å²) in [4.78, 5) is 47.9. The molecule has 0 saturated carbocycles. The zero-order valence-corrected chi connectivity index (χ0v) is 16.5. The fraction of sp³-hybridized carbons (Fsp3) is 0.0526. The van der Waals surface area contributed by atoms with Crippen LogP contribution in [0.15, 0.2) is 53.2 Å². The predicted octanol–water partition coefficient (Wildman–Crippen LogP) is 3.08. The number of hydrogen-bond acceptors (Lipinski definition) is 7. The van der Waals surface area contributed by atoms with Crippen LogP contribution < -0.4 is 16.4 Å². The molecule has 1 aromatic carbocycles. The molecular weight excluding hydrogens is 414 g/mol. The van der Waals surface area contributed by atoms with E-state index in [1.165, 1.54) is 22.7 Å². The molecule has 0 radical (unpaired) electrons. The number of nitrogens with one attached hydrogen (secondary N) is 2. The van der Waals surface area contributed by atoms with Gasteiger partial charge in [-0.15, -0.1) is 22.7 Å². The normalized spacial score (nSPS) is 10.2. The lowest BCUT2D eigenvalue weighted by atomic mass is 10.0. The van der Waals surface area contributed by atoms with E-state index in [0.717, 1.165) is 5.56 Å². The molecule has 4 N–H and O–H groups in total. The van der Waals surface area contributed by atoms with Gasteiger partial charge in [0, 0.05) is 10.9 Å². The van der Waals surface area contributed by atoms with Gasteiger partial charge in [-0.1, -0.05) is 36.4 Å². The molecule has 29 heavy (non-hydrogen) atoms. The molecule has 2 heterocycles. The van der Waals surface area contributed by atoms with E-state index >= 15 is 0 Å². The lowest BCUT2D eigenvalue weighted by Gasteiger charge is -2.09. The van der Waals surface area contributed by atoms with Crippen LogP contribution in [-0.4, -0.2) is 30.4 Å². The zero-order valence-electron chi connectivity index (χ0n) is 14.8. The fourth-order valence-electron chi connectivity index (χ4n) is 2.43. The molecule has 3 rings (SSSR count). The van der Waals surface area contributed by atoms with Crippen LogP contribution in [0, 0.1) is 0 Å². The van der Waals surface area contributed by atoms with Crippen molar-refractivity contribution in [1.29, 1.82) is 0 Å². The number of carbonyl (C=O) groups excluding carboxylic acids is 4. The maximum absolute atomic E-state index is 12.7. The molecule has 2 aromatic heterocycles. The van der Waals surface area contributed by atoms with Gasteiger partial charge in [0.15, 0.2) is 6.61 Å². The van der Waals surface area contributed by atoms with Crippen LogP contribution in [-0.2, 0) is 9.53 Å². The van der Waals surface area contributed by atoms with Crippen molar-refractivity contribution in [2.45, 2.75) is 0 Å². The number of carbonyl (C=O) groups is 4. The van der Waals surface area contributed by atoms with E-state index in [1.54, 1.807) is 22.9 Å². The van der Waals surface area contributed by atoms with E-state index in [0.29, 0.717) is 15.4 Å². The monoisotopic (exact) mass is 429 g/mol. The Kier molecular flexibility index (Phi) is 6.37. The predicted molar refractivity (Wildman–Crippen MR) is 110 cm³/mol. The van der Waals surface area contributed by atoms with Gasteiger partial charge in [0.25, 0.3) is 11.8 Å². The van der Waals surface area contributed by atoms with Crippen LogP contribution >= 0.6 is 22.7 Å². The number of ether oxygens (including phenoxy) is 1.